The van der Waals surface area contributed by atoms with Gasteiger partial charge in [-0.2, -0.15) is 0 Å². The lowest BCUT2D eigenvalue weighted by Gasteiger charge is -2.43. The van der Waals surface area contributed by atoms with Crippen LogP contribution in [-0.2, 0) is 4.79 Å². The Balaban J connectivity index is 2.28. The monoisotopic (exact) mass is 297 g/mol. The standard InChI is InChI=1S/C19H23NO2/c1-19(2,3)20-15-10-6-4-8-13(15)17(21)12-18(22)14-9-5-7-11-16(14)20/h4,6,8,10H,5,7,9,11-12H2,1-3H3. The summed E-state index contributed by atoms with van der Waals surface area (Å²) in [5.41, 5.74) is 3.45. The van der Waals surface area contributed by atoms with E-state index in [0.29, 0.717) is 5.56 Å². The van der Waals surface area contributed by atoms with Gasteiger partial charge in [-0.15, -0.1) is 0 Å². The number of carbonyl (C=O) groups is 2. The number of benzene rings is 1. The molecule has 1 aliphatic carbocycles. The van der Waals surface area contributed by atoms with Gasteiger partial charge in [-0.05, 0) is 58.6 Å². The van der Waals surface area contributed by atoms with E-state index in [0.717, 1.165) is 42.6 Å². The number of nitrogens with zero attached hydrogens (tertiary/aromatic N) is 1. The van der Waals surface area contributed by atoms with Crippen LogP contribution in [0.4, 0.5) is 5.69 Å². The Hall–Kier alpha value is -1.90. The third-order valence-corrected chi connectivity index (χ3v) is 4.48. The molecule has 0 saturated carbocycles. The van der Waals surface area contributed by atoms with Crippen molar-refractivity contribution in [3.8, 4) is 0 Å². The van der Waals surface area contributed by atoms with Crippen molar-refractivity contribution in [2.75, 3.05) is 4.90 Å². The summed E-state index contributed by atoms with van der Waals surface area (Å²) in [6.07, 6.45) is 3.87. The van der Waals surface area contributed by atoms with Crippen LogP contribution in [0, 0.1) is 0 Å². The third-order valence-electron chi connectivity index (χ3n) is 4.48. The molecule has 1 aromatic rings. The molecular weight excluding hydrogens is 274 g/mol. The van der Waals surface area contributed by atoms with E-state index in [2.05, 4.69) is 25.7 Å². The maximum atomic E-state index is 12.6. The van der Waals surface area contributed by atoms with Crippen molar-refractivity contribution < 1.29 is 9.59 Å². The predicted molar refractivity (Wildman–Crippen MR) is 88.1 cm³/mol. The van der Waals surface area contributed by atoms with Gasteiger partial charge in [-0.1, -0.05) is 12.1 Å². The molecule has 0 fully saturated rings. The van der Waals surface area contributed by atoms with Gasteiger partial charge in [0.1, 0.15) is 0 Å². The predicted octanol–water partition coefficient (Wildman–Crippen LogP) is 4.28. The van der Waals surface area contributed by atoms with Gasteiger partial charge in [0.25, 0.3) is 0 Å². The van der Waals surface area contributed by atoms with Gasteiger partial charge in [0.2, 0.25) is 0 Å². The number of hydrogen-bond acceptors (Lipinski definition) is 3. The summed E-state index contributed by atoms with van der Waals surface area (Å²) < 4.78 is 0. The number of para-hydroxylation sites is 1. The topological polar surface area (TPSA) is 37.4 Å². The minimum atomic E-state index is -0.175. The normalized spacial score (nSPS) is 19.5. The molecule has 0 atom stereocenters. The molecule has 1 aromatic carbocycles. The highest BCUT2D eigenvalue weighted by molar-refractivity contribution is 6.16. The summed E-state index contributed by atoms with van der Waals surface area (Å²) >= 11 is 0. The van der Waals surface area contributed by atoms with E-state index >= 15 is 0 Å². The molecule has 2 aliphatic rings. The number of ketones is 2. The maximum Gasteiger partial charge on any atom is 0.172 e. The zero-order valence-corrected chi connectivity index (χ0v) is 13.6. The quantitative estimate of drug-likeness (QED) is 0.671. The molecule has 0 N–H and O–H groups in total. The molecule has 0 aromatic heterocycles. The van der Waals surface area contributed by atoms with E-state index in [1.165, 1.54) is 0 Å². The van der Waals surface area contributed by atoms with Crippen LogP contribution < -0.4 is 4.90 Å². The smallest absolute Gasteiger partial charge is 0.172 e. The van der Waals surface area contributed by atoms with Crippen molar-refractivity contribution in [2.24, 2.45) is 0 Å². The summed E-state index contributed by atoms with van der Waals surface area (Å²) in [4.78, 5) is 27.4. The first-order valence-corrected chi connectivity index (χ1v) is 8.07. The zero-order chi connectivity index (χ0) is 15.9. The highest BCUT2D eigenvalue weighted by Crippen LogP contribution is 2.40. The molecule has 0 spiro atoms. The summed E-state index contributed by atoms with van der Waals surface area (Å²) in [6.45, 7) is 6.42. The van der Waals surface area contributed by atoms with Crippen LogP contribution >= 0.6 is 0 Å². The second-order valence-corrected chi connectivity index (χ2v) is 7.18. The fourth-order valence-corrected chi connectivity index (χ4v) is 3.60. The lowest BCUT2D eigenvalue weighted by molar-refractivity contribution is -0.115. The van der Waals surface area contributed by atoms with Gasteiger partial charge in [0.05, 0.1) is 12.1 Å². The maximum absolute atomic E-state index is 12.6. The number of Topliss-reactive ketones (excluding diaryl/α,β-unsaturated/α-hetero) is 2. The fraction of sp³-hybridized carbons (Fsp3) is 0.474. The Morgan fingerprint density at radius 2 is 1.64 bits per heavy atom. The Kier molecular flexibility index (Phi) is 3.67. The highest BCUT2D eigenvalue weighted by Gasteiger charge is 2.35. The highest BCUT2D eigenvalue weighted by atomic mass is 16.1. The lowest BCUT2D eigenvalue weighted by Crippen LogP contribution is -2.44. The first-order chi connectivity index (χ1) is 10.4. The molecule has 0 unspecified atom stereocenters. The van der Waals surface area contributed by atoms with E-state index in [9.17, 15) is 9.59 Å². The van der Waals surface area contributed by atoms with Crippen molar-refractivity contribution in [1.29, 1.82) is 0 Å². The number of carbonyl (C=O) groups excluding carboxylic acids is 2. The minimum absolute atomic E-state index is 0.00777. The zero-order valence-electron chi connectivity index (χ0n) is 13.6. The molecule has 3 heteroatoms. The Morgan fingerprint density at radius 3 is 2.36 bits per heavy atom. The van der Waals surface area contributed by atoms with Crippen molar-refractivity contribution in [2.45, 2.75) is 58.4 Å². The molecule has 0 amide bonds. The minimum Gasteiger partial charge on any atom is -0.339 e. The van der Waals surface area contributed by atoms with E-state index in [1.807, 2.05) is 24.3 Å². The number of hydrogen-bond donors (Lipinski definition) is 0. The van der Waals surface area contributed by atoms with Crippen LogP contribution in [0.3, 0.4) is 0 Å². The average Bonchev–Trinajstić information content (AvgIpc) is 2.46. The number of fused-ring (bicyclic) bond motifs is 1. The number of allylic oxidation sites excluding steroid dienone is 2. The van der Waals surface area contributed by atoms with Crippen LogP contribution in [-0.4, -0.2) is 17.1 Å². The van der Waals surface area contributed by atoms with E-state index in [1.54, 1.807) is 0 Å². The molecule has 0 bridgehead atoms. The number of rotatable bonds is 0. The summed E-state index contributed by atoms with van der Waals surface area (Å²) in [5.74, 6) is -0.0459. The molecule has 116 valence electrons. The lowest BCUT2D eigenvalue weighted by atomic mass is 9.85. The van der Waals surface area contributed by atoms with Crippen molar-refractivity contribution >= 4 is 17.3 Å². The van der Waals surface area contributed by atoms with Gasteiger partial charge in [-0.25, -0.2) is 0 Å². The summed E-state index contributed by atoms with van der Waals surface area (Å²) in [7, 11) is 0. The molecule has 22 heavy (non-hydrogen) atoms. The van der Waals surface area contributed by atoms with Gasteiger partial charge < -0.3 is 4.90 Å². The van der Waals surface area contributed by atoms with Crippen LogP contribution in [0.15, 0.2) is 35.5 Å². The van der Waals surface area contributed by atoms with Crippen LogP contribution in [0.2, 0.25) is 0 Å². The molecule has 3 nitrogen and oxygen atoms in total. The van der Waals surface area contributed by atoms with E-state index in [4.69, 9.17) is 0 Å². The van der Waals surface area contributed by atoms with Gasteiger partial charge in [-0.3, -0.25) is 9.59 Å². The van der Waals surface area contributed by atoms with Crippen LogP contribution in [0.25, 0.3) is 0 Å². The van der Waals surface area contributed by atoms with Gasteiger partial charge in [0.15, 0.2) is 11.6 Å². The van der Waals surface area contributed by atoms with E-state index in [-0.39, 0.29) is 23.5 Å². The Bertz CT molecular complexity index is 664. The van der Waals surface area contributed by atoms with E-state index < -0.39 is 0 Å². The molecule has 1 aliphatic heterocycles. The van der Waals surface area contributed by atoms with Crippen molar-refractivity contribution in [1.82, 2.24) is 0 Å². The van der Waals surface area contributed by atoms with Gasteiger partial charge >= 0.3 is 0 Å². The average molecular weight is 297 g/mol. The molecule has 1 heterocycles. The molecular formula is C19H23NO2. The Labute approximate surface area is 132 Å². The largest absolute Gasteiger partial charge is 0.339 e. The van der Waals surface area contributed by atoms with Crippen molar-refractivity contribution in [3.63, 3.8) is 0 Å². The number of anilines is 1. The first kappa shape index (κ1) is 15.0. The van der Waals surface area contributed by atoms with Crippen LogP contribution in [0.1, 0.15) is 63.2 Å². The summed E-state index contributed by atoms with van der Waals surface area (Å²) in [5, 5.41) is 0. The van der Waals surface area contributed by atoms with Gasteiger partial charge in [0, 0.05) is 22.4 Å². The van der Waals surface area contributed by atoms with Crippen molar-refractivity contribution in [3.05, 3.63) is 41.1 Å². The third kappa shape index (κ3) is 2.49. The SMILES string of the molecule is CC(C)(C)N1C2=C(CCCC2)C(=O)CC(=O)c2ccccc21. The summed E-state index contributed by atoms with van der Waals surface area (Å²) in [6, 6.07) is 7.70. The molecule has 0 radical (unpaired) electrons. The second kappa shape index (κ2) is 5.38. The molecule has 0 saturated heterocycles. The molecule has 3 rings (SSSR count). The van der Waals surface area contributed by atoms with Crippen LogP contribution in [0.5, 0.6) is 0 Å². The second-order valence-electron chi connectivity index (χ2n) is 7.18. The fourth-order valence-electron chi connectivity index (χ4n) is 3.60. The first-order valence-electron chi connectivity index (χ1n) is 8.07. The Morgan fingerprint density at radius 1 is 0.955 bits per heavy atom.